The zero-order valence-electron chi connectivity index (χ0n) is 14.7. The average Bonchev–Trinajstić information content (AvgIpc) is 2.73. The van der Waals surface area contributed by atoms with Crippen molar-refractivity contribution in [3.05, 3.63) is 76.1 Å². The van der Waals surface area contributed by atoms with Crippen LogP contribution < -0.4 is 15.7 Å². The number of benzene rings is 2. The zero-order chi connectivity index (χ0) is 19.8. The fourth-order valence-corrected chi connectivity index (χ4v) is 2.41. The van der Waals surface area contributed by atoms with Gasteiger partial charge in [0.1, 0.15) is 24.0 Å². The number of anilines is 1. The molecule has 0 radical (unpaired) electrons. The number of ether oxygens (including phenoxy) is 1. The van der Waals surface area contributed by atoms with Gasteiger partial charge in [0.15, 0.2) is 0 Å². The third-order valence-electron chi connectivity index (χ3n) is 3.64. The van der Waals surface area contributed by atoms with Crippen molar-refractivity contribution in [1.29, 1.82) is 5.26 Å². The van der Waals surface area contributed by atoms with Crippen molar-refractivity contribution < 1.29 is 4.74 Å². The predicted octanol–water partition coefficient (Wildman–Crippen LogP) is 2.77. The zero-order valence-corrected chi connectivity index (χ0v) is 14.7. The van der Waals surface area contributed by atoms with Gasteiger partial charge < -0.3 is 4.74 Å². The second-order valence-electron chi connectivity index (χ2n) is 5.55. The van der Waals surface area contributed by atoms with Crippen LogP contribution in [0.5, 0.6) is 5.75 Å². The van der Waals surface area contributed by atoms with E-state index in [0.717, 1.165) is 5.56 Å². The smallest absolute Gasteiger partial charge is 0.270 e. The number of nitriles is 1. The van der Waals surface area contributed by atoms with Gasteiger partial charge in [-0.1, -0.05) is 48.4 Å². The highest BCUT2D eigenvalue weighted by Crippen LogP contribution is 2.19. The maximum absolute atomic E-state index is 12.2. The number of aromatic nitrogens is 2. The number of nitrogens with one attached hydrogen (secondary N) is 2. The standard InChI is InChI=1S/C21H15N5O2/c1-2-11-28-17-10-6-7-15(12-17)14-23-26-21-24-19(16-8-4-3-5-9-16)18(13-22)20(27)25-21/h1,3-10,12,14H,11H2,(H2,24,25,26,27). The molecule has 7 heteroatoms. The molecule has 0 aliphatic carbocycles. The first-order chi connectivity index (χ1) is 13.7. The highest BCUT2D eigenvalue weighted by Gasteiger charge is 2.12. The van der Waals surface area contributed by atoms with Gasteiger partial charge in [-0.15, -0.1) is 6.42 Å². The molecule has 1 heterocycles. The summed E-state index contributed by atoms with van der Waals surface area (Å²) in [5, 5.41) is 13.4. The summed E-state index contributed by atoms with van der Waals surface area (Å²) in [5.74, 6) is 3.15. The summed E-state index contributed by atoms with van der Waals surface area (Å²) in [4.78, 5) is 19.0. The first-order valence-corrected chi connectivity index (χ1v) is 8.26. The van der Waals surface area contributed by atoms with E-state index in [-0.39, 0.29) is 23.8 Å². The number of nitrogens with zero attached hydrogens (tertiary/aromatic N) is 3. The molecule has 2 N–H and O–H groups in total. The number of H-pyrrole nitrogens is 1. The molecule has 2 aromatic carbocycles. The Morgan fingerprint density at radius 2 is 2.07 bits per heavy atom. The molecule has 28 heavy (non-hydrogen) atoms. The minimum Gasteiger partial charge on any atom is -0.481 e. The molecule has 3 rings (SSSR count). The van der Waals surface area contributed by atoms with E-state index in [0.29, 0.717) is 11.3 Å². The van der Waals surface area contributed by atoms with E-state index < -0.39 is 5.56 Å². The first-order valence-electron chi connectivity index (χ1n) is 8.26. The molecule has 3 aromatic rings. The van der Waals surface area contributed by atoms with Crippen molar-refractivity contribution in [2.75, 3.05) is 12.0 Å². The Balaban J connectivity index is 1.83. The van der Waals surface area contributed by atoms with Crippen LogP contribution in [0, 0.1) is 23.7 Å². The molecular weight excluding hydrogens is 354 g/mol. The monoisotopic (exact) mass is 369 g/mol. The lowest BCUT2D eigenvalue weighted by atomic mass is 10.1. The van der Waals surface area contributed by atoms with Crippen molar-refractivity contribution >= 4 is 12.2 Å². The fourth-order valence-electron chi connectivity index (χ4n) is 2.41. The van der Waals surface area contributed by atoms with E-state index in [4.69, 9.17) is 11.2 Å². The molecule has 0 saturated carbocycles. The Kier molecular flexibility index (Phi) is 5.82. The van der Waals surface area contributed by atoms with Crippen molar-refractivity contribution in [3.63, 3.8) is 0 Å². The fraction of sp³-hybridized carbons (Fsp3) is 0.0476. The lowest BCUT2D eigenvalue weighted by Gasteiger charge is -2.06. The molecule has 0 amide bonds. The maximum Gasteiger partial charge on any atom is 0.270 e. The molecule has 0 fully saturated rings. The van der Waals surface area contributed by atoms with E-state index in [2.05, 4.69) is 26.4 Å². The van der Waals surface area contributed by atoms with Crippen molar-refractivity contribution in [2.45, 2.75) is 0 Å². The van der Waals surface area contributed by atoms with Crippen LogP contribution in [0.1, 0.15) is 11.1 Å². The van der Waals surface area contributed by atoms with E-state index in [1.54, 1.807) is 42.6 Å². The molecule has 0 bridgehead atoms. The Bertz CT molecular complexity index is 1140. The van der Waals surface area contributed by atoms with Crippen LogP contribution in [0.25, 0.3) is 11.3 Å². The van der Waals surface area contributed by atoms with Crippen LogP contribution in [-0.4, -0.2) is 22.8 Å². The van der Waals surface area contributed by atoms with Gasteiger partial charge in [0.05, 0.1) is 11.9 Å². The van der Waals surface area contributed by atoms with Crippen LogP contribution >= 0.6 is 0 Å². The Labute approximate surface area is 161 Å². The van der Waals surface area contributed by atoms with Gasteiger partial charge in [-0.3, -0.25) is 9.78 Å². The Hall–Kier alpha value is -4.36. The lowest BCUT2D eigenvalue weighted by molar-refractivity contribution is 0.370. The van der Waals surface area contributed by atoms with Crippen LogP contribution in [0.2, 0.25) is 0 Å². The summed E-state index contributed by atoms with van der Waals surface area (Å²) >= 11 is 0. The van der Waals surface area contributed by atoms with Gasteiger partial charge in [-0.25, -0.2) is 10.4 Å². The van der Waals surface area contributed by atoms with Gasteiger partial charge in [-0.2, -0.15) is 10.4 Å². The number of hydrogen-bond donors (Lipinski definition) is 2. The van der Waals surface area contributed by atoms with Crippen LogP contribution in [-0.2, 0) is 0 Å². The third-order valence-corrected chi connectivity index (χ3v) is 3.64. The van der Waals surface area contributed by atoms with E-state index >= 15 is 0 Å². The summed E-state index contributed by atoms with van der Waals surface area (Å²) in [6.45, 7) is 0.178. The van der Waals surface area contributed by atoms with E-state index in [9.17, 15) is 10.1 Å². The normalized spacial score (nSPS) is 10.2. The maximum atomic E-state index is 12.2. The highest BCUT2D eigenvalue weighted by atomic mass is 16.5. The van der Waals surface area contributed by atoms with Gasteiger partial charge in [0.2, 0.25) is 5.95 Å². The quantitative estimate of drug-likeness (QED) is 0.395. The predicted molar refractivity (Wildman–Crippen MR) is 107 cm³/mol. The summed E-state index contributed by atoms with van der Waals surface area (Å²) < 4.78 is 5.36. The highest BCUT2D eigenvalue weighted by molar-refractivity contribution is 5.80. The SMILES string of the molecule is C#CCOc1cccc(C=NNc2nc(-c3ccccc3)c(C#N)c(=O)[nH]2)c1. The molecule has 0 unspecified atom stereocenters. The molecule has 0 aliphatic rings. The van der Waals surface area contributed by atoms with Gasteiger partial charge in [-0.05, 0) is 17.7 Å². The van der Waals surface area contributed by atoms with Crippen molar-refractivity contribution in [1.82, 2.24) is 9.97 Å². The van der Waals surface area contributed by atoms with Gasteiger partial charge in [0, 0.05) is 5.56 Å². The molecule has 0 spiro atoms. The van der Waals surface area contributed by atoms with Crippen LogP contribution in [0.3, 0.4) is 0 Å². The number of aromatic amines is 1. The van der Waals surface area contributed by atoms with Crippen molar-refractivity contribution in [3.8, 4) is 35.4 Å². The lowest BCUT2D eigenvalue weighted by Crippen LogP contribution is -2.16. The van der Waals surface area contributed by atoms with Gasteiger partial charge in [0.25, 0.3) is 5.56 Å². The van der Waals surface area contributed by atoms with Crippen molar-refractivity contribution in [2.24, 2.45) is 5.10 Å². The first kappa shape index (κ1) is 18.4. The Morgan fingerprint density at radius 1 is 1.25 bits per heavy atom. The number of hydrogen-bond acceptors (Lipinski definition) is 6. The summed E-state index contributed by atoms with van der Waals surface area (Å²) in [7, 11) is 0. The summed E-state index contributed by atoms with van der Waals surface area (Å²) in [5.41, 5.74) is 3.79. The summed E-state index contributed by atoms with van der Waals surface area (Å²) in [6.07, 6.45) is 6.72. The molecule has 0 atom stereocenters. The topological polar surface area (TPSA) is 103 Å². The third kappa shape index (κ3) is 4.43. The summed E-state index contributed by atoms with van der Waals surface area (Å²) in [6, 6.07) is 18.1. The molecule has 0 aliphatic heterocycles. The molecule has 136 valence electrons. The molecule has 1 aromatic heterocycles. The second-order valence-corrected chi connectivity index (χ2v) is 5.55. The minimum atomic E-state index is -0.543. The van der Waals surface area contributed by atoms with Crippen LogP contribution in [0.4, 0.5) is 5.95 Å². The van der Waals surface area contributed by atoms with Gasteiger partial charge >= 0.3 is 0 Å². The largest absolute Gasteiger partial charge is 0.481 e. The molecule has 7 nitrogen and oxygen atoms in total. The minimum absolute atomic E-state index is 0.0564. The second kappa shape index (κ2) is 8.84. The number of terminal acetylenes is 1. The van der Waals surface area contributed by atoms with Crippen LogP contribution in [0.15, 0.2) is 64.5 Å². The molecule has 0 saturated heterocycles. The average molecular weight is 369 g/mol. The number of hydrazone groups is 1. The Morgan fingerprint density at radius 3 is 2.82 bits per heavy atom. The number of rotatable bonds is 6. The van der Waals surface area contributed by atoms with E-state index in [1.165, 1.54) is 0 Å². The molecular formula is C21H15N5O2. The van der Waals surface area contributed by atoms with E-state index in [1.807, 2.05) is 24.3 Å².